The van der Waals surface area contributed by atoms with E-state index in [-0.39, 0.29) is 11.9 Å². The summed E-state index contributed by atoms with van der Waals surface area (Å²) >= 11 is 1.29. The summed E-state index contributed by atoms with van der Waals surface area (Å²) in [6, 6.07) is 13.4. The zero-order valence-electron chi connectivity index (χ0n) is 13.1. The second kappa shape index (κ2) is 7.76. The molecule has 0 saturated heterocycles. The molecule has 2 N–H and O–H groups in total. The molecule has 0 spiro atoms. The Kier molecular flexibility index (Phi) is 5.25. The number of hydrogen-bond acceptors (Lipinski definition) is 6. The van der Waals surface area contributed by atoms with Gasteiger partial charge >= 0.3 is 0 Å². The van der Waals surface area contributed by atoms with Crippen molar-refractivity contribution in [3.05, 3.63) is 70.4 Å². The zero-order chi connectivity index (χ0) is 16.8. The Labute approximate surface area is 144 Å². The number of rotatable bonds is 6. The van der Waals surface area contributed by atoms with Crippen LogP contribution < -0.4 is 10.6 Å². The Morgan fingerprint density at radius 2 is 1.88 bits per heavy atom. The van der Waals surface area contributed by atoms with Gasteiger partial charge in [-0.1, -0.05) is 29.5 Å². The molecule has 0 bridgehead atoms. The number of nitrogens with zero attached hydrogens (tertiary/aromatic N) is 3. The van der Waals surface area contributed by atoms with Crippen LogP contribution in [-0.4, -0.2) is 21.1 Å². The quantitative estimate of drug-likeness (QED) is 0.721. The van der Waals surface area contributed by atoms with Gasteiger partial charge in [0.2, 0.25) is 5.01 Å². The summed E-state index contributed by atoms with van der Waals surface area (Å²) in [5.74, 6) is -0.243. The maximum atomic E-state index is 12.2. The van der Waals surface area contributed by atoms with E-state index in [9.17, 15) is 4.79 Å². The Morgan fingerprint density at radius 1 is 1.12 bits per heavy atom. The van der Waals surface area contributed by atoms with Crippen molar-refractivity contribution in [2.45, 2.75) is 19.5 Å². The smallest absolute Gasteiger partial charge is 0.286 e. The van der Waals surface area contributed by atoms with Gasteiger partial charge in [0.25, 0.3) is 5.91 Å². The molecule has 0 unspecified atom stereocenters. The van der Waals surface area contributed by atoms with Crippen molar-refractivity contribution in [1.29, 1.82) is 0 Å². The van der Waals surface area contributed by atoms with Gasteiger partial charge in [0, 0.05) is 24.1 Å². The number of nitrogens with one attached hydrogen (secondary N) is 2. The monoisotopic (exact) mass is 339 g/mol. The number of hydrogen-bond donors (Lipinski definition) is 2. The lowest BCUT2D eigenvalue weighted by Gasteiger charge is -2.12. The number of pyridine rings is 1. The molecule has 0 aliphatic heterocycles. The Bertz CT molecular complexity index is 791. The van der Waals surface area contributed by atoms with Crippen molar-refractivity contribution in [1.82, 2.24) is 20.5 Å². The van der Waals surface area contributed by atoms with Crippen LogP contribution in [0.25, 0.3) is 0 Å². The third-order valence-electron chi connectivity index (χ3n) is 3.46. The standard InChI is InChI=1S/C17H17N5OS/c1-12(13-7-9-18-10-8-13)19-11-15-21-22-17(24-15)16(23)20-14-5-3-2-4-6-14/h2-10,12,19H,11H2,1H3,(H,20,23)/t12-/m1/s1. The highest BCUT2D eigenvalue weighted by molar-refractivity contribution is 7.13. The van der Waals surface area contributed by atoms with Gasteiger partial charge < -0.3 is 10.6 Å². The fourth-order valence-corrected chi connectivity index (χ4v) is 2.82. The fraction of sp³-hybridized carbons (Fsp3) is 0.176. The second-order valence-corrected chi connectivity index (χ2v) is 6.27. The molecule has 1 amide bonds. The van der Waals surface area contributed by atoms with Crippen molar-refractivity contribution in [3.63, 3.8) is 0 Å². The Morgan fingerprint density at radius 3 is 2.62 bits per heavy atom. The summed E-state index contributed by atoms with van der Waals surface area (Å²) < 4.78 is 0. The summed E-state index contributed by atoms with van der Waals surface area (Å²) in [5, 5.41) is 15.3. The van der Waals surface area contributed by atoms with E-state index < -0.39 is 0 Å². The molecular weight excluding hydrogens is 322 g/mol. The number of carbonyl (C=O) groups is 1. The Hall–Kier alpha value is -2.64. The number of carbonyl (C=O) groups excluding carboxylic acids is 1. The molecule has 2 aromatic heterocycles. The van der Waals surface area contributed by atoms with Gasteiger partial charge in [-0.15, -0.1) is 10.2 Å². The average Bonchev–Trinajstić information content (AvgIpc) is 3.10. The lowest BCUT2D eigenvalue weighted by molar-refractivity contribution is 0.102. The van der Waals surface area contributed by atoms with Gasteiger partial charge in [-0.05, 0) is 36.8 Å². The van der Waals surface area contributed by atoms with E-state index in [1.807, 2.05) is 42.5 Å². The fourth-order valence-electron chi connectivity index (χ4n) is 2.13. The largest absolute Gasteiger partial charge is 0.320 e. The van der Waals surface area contributed by atoms with Gasteiger partial charge in [0.05, 0.1) is 6.54 Å². The van der Waals surface area contributed by atoms with Crippen LogP contribution in [0, 0.1) is 0 Å². The summed E-state index contributed by atoms with van der Waals surface area (Å²) in [5.41, 5.74) is 1.89. The molecule has 3 aromatic rings. The van der Waals surface area contributed by atoms with E-state index in [0.717, 1.165) is 16.3 Å². The molecule has 0 fully saturated rings. The van der Waals surface area contributed by atoms with E-state index in [0.29, 0.717) is 11.6 Å². The van der Waals surface area contributed by atoms with E-state index >= 15 is 0 Å². The minimum Gasteiger partial charge on any atom is -0.320 e. The van der Waals surface area contributed by atoms with Crippen LogP contribution in [0.2, 0.25) is 0 Å². The molecular formula is C17H17N5OS. The first-order valence-electron chi connectivity index (χ1n) is 7.54. The highest BCUT2D eigenvalue weighted by Crippen LogP contribution is 2.15. The summed E-state index contributed by atoms with van der Waals surface area (Å²) in [4.78, 5) is 16.2. The van der Waals surface area contributed by atoms with Crippen molar-refractivity contribution in [3.8, 4) is 0 Å². The normalized spacial score (nSPS) is 11.9. The van der Waals surface area contributed by atoms with Crippen LogP contribution in [0.1, 0.15) is 33.3 Å². The van der Waals surface area contributed by atoms with Gasteiger partial charge in [-0.2, -0.15) is 0 Å². The van der Waals surface area contributed by atoms with E-state index in [2.05, 4.69) is 32.7 Å². The highest BCUT2D eigenvalue weighted by Gasteiger charge is 2.13. The molecule has 0 radical (unpaired) electrons. The first-order valence-corrected chi connectivity index (χ1v) is 8.36. The number of amides is 1. The summed E-state index contributed by atoms with van der Waals surface area (Å²) in [6.07, 6.45) is 3.54. The number of benzene rings is 1. The first kappa shape index (κ1) is 16.2. The molecule has 7 heteroatoms. The molecule has 0 aliphatic carbocycles. The van der Waals surface area contributed by atoms with Gasteiger partial charge in [0.15, 0.2) is 0 Å². The molecule has 122 valence electrons. The molecule has 1 aromatic carbocycles. The van der Waals surface area contributed by atoms with Crippen molar-refractivity contribution in [2.24, 2.45) is 0 Å². The van der Waals surface area contributed by atoms with E-state index in [1.165, 1.54) is 11.3 Å². The topological polar surface area (TPSA) is 79.8 Å². The van der Waals surface area contributed by atoms with Gasteiger partial charge in [0.1, 0.15) is 5.01 Å². The minimum absolute atomic E-state index is 0.165. The maximum Gasteiger partial charge on any atom is 0.286 e. The number of para-hydroxylation sites is 1. The molecule has 2 heterocycles. The first-order chi connectivity index (χ1) is 11.7. The average molecular weight is 339 g/mol. The lowest BCUT2D eigenvalue weighted by Crippen LogP contribution is -2.17. The van der Waals surface area contributed by atoms with Crippen molar-refractivity contribution < 1.29 is 4.79 Å². The van der Waals surface area contributed by atoms with Crippen LogP contribution in [0.5, 0.6) is 0 Å². The summed E-state index contributed by atoms with van der Waals surface area (Å²) in [7, 11) is 0. The molecule has 0 aliphatic rings. The zero-order valence-corrected chi connectivity index (χ0v) is 14.0. The molecule has 24 heavy (non-hydrogen) atoms. The van der Waals surface area contributed by atoms with Gasteiger partial charge in [-0.25, -0.2) is 0 Å². The summed E-state index contributed by atoms with van der Waals surface area (Å²) in [6.45, 7) is 2.62. The molecule has 1 atom stereocenters. The lowest BCUT2D eigenvalue weighted by atomic mass is 10.1. The SMILES string of the molecule is C[C@@H](NCc1nnc(C(=O)Nc2ccccc2)s1)c1ccncc1. The number of aromatic nitrogens is 3. The molecule has 0 saturated carbocycles. The Balaban J connectivity index is 1.56. The van der Waals surface area contributed by atoms with Crippen LogP contribution in [0.4, 0.5) is 5.69 Å². The van der Waals surface area contributed by atoms with E-state index in [4.69, 9.17) is 0 Å². The van der Waals surface area contributed by atoms with Crippen molar-refractivity contribution in [2.75, 3.05) is 5.32 Å². The molecule has 6 nitrogen and oxygen atoms in total. The maximum absolute atomic E-state index is 12.2. The third-order valence-corrected chi connectivity index (χ3v) is 4.38. The van der Waals surface area contributed by atoms with E-state index in [1.54, 1.807) is 12.4 Å². The molecule has 3 rings (SSSR count). The van der Waals surface area contributed by atoms with Crippen LogP contribution >= 0.6 is 11.3 Å². The van der Waals surface area contributed by atoms with Crippen LogP contribution in [-0.2, 0) is 6.54 Å². The second-order valence-electron chi connectivity index (χ2n) is 5.20. The van der Waals surface area contributed by atoms with Crippen LogP contribution in [0.15, 0.2) is 54.9 Å². The van der Waals surface area contributed by atoms with Crippen molar-refractivity contribution >= 4 is 22.9 Å². The predicted molar refractivity (Wildman–Crippen MR) is 93.8 cm³/mol. The van der Waals surface area contributed by atoms with Crippen LogP contribution in [0.3, 0.4) is 0 Å². The van der Waals surface area contributed by atoms with Gasteiger partial charge in [-0.3, -0.25) is 9.78 Å². The third kappa shape index (κ3) is 4.21. The number of anilines is 1. The minimum atomic E-state index is -0.243. The predicted octanol–water partition coefficient (Wildman–Crippen LogP) is 3.04. The highest BCUT2D eigenvalue weighted by atomic mass is 32.1.